The molecule has 0 aromatic heterocycles. The SMILES string of the molecule is Oc1ccc(CCc2cccc(-c3cccc(CCc4ccc(O)cc4)c3)c2)cc1. The molecular formula is C28H26O2. The van der Waals surface area contributed by atoms with Gasteiger partial charge in [-0.05, 0) is 83.3 Å². The lowest BCUT2D eigenvalue weighted by Crippen LogP contribution is -1.93. The Hall–Kier alpha value is -3.52. The predicted octanol–water partition coefficient (Wildman–Crippen LogP) is 6.34. The molecule has 0 heterocycles. The first-order valence-corrected chi connectivity index (χ1v) is 10.4. The average Bonchev–Trinajstić information content (AvgIpc) is 2.79. The Labute approximate surface area is 178 Å². The molecule has 4 rings (SSSR count). The van der Waals surface area contributed by atoms with E-state index in [1.165, 1.54) is 33.4 Å². The van der Waals surface area contributed by atoms with E-state index in [9.17, 15) is 10.2 Å². The molecule has 0 aliphatic heterocycles. The van der Waals surface area contributed by atoms with Gasteiger partial charge < -0.3 is 10.2 Å². The molecule has 2 N–H and O–H groups in total. The van der Waals surface area contributed by atoms with E-state index < -0.39 is 0 Å². The van der Waals surface area contributed by atoms with E-state index in [0.717, 1.165) is 25.7 Å². The minimum absolute atomic E-state index is 0.311. The van der Waals surface area contributed by atoms with Crippen LogP contribution in [0.25, 0.3) is 11.1 Å². The topological polar surface area (TPSA) is 40.5 Å². The zero-order valence-corrected chi connectivity index (χ0v) is 17.0. The largest absolute Gasteiger partial charge is 0.508 e. The molecule has 0 unspecified atom stereocenters. The highest BCUT2D eigenvalue weighted by atomic mass is 16.3. The summed E-state index contributed by atoms with van der Waals surface area (Å²) >= 11 is 0. The molecule has 4 aromatic rings. The van der Waals surface area contributed by atoms with Gasteiger partial charge in [0, 0.05) is 0 Å². The van der Waals surface area contributed by atoms with Crippen LogP contribution in [-0.4, -0.2) is 10.2 Å². The molecule has 0 bridgehead atoms. The number of hydrogen-bond acceptors (Lipinski definition) is 2. The van der Waals surface area contributed by atoms with Gasteiger partial charge in [0.25, 0.3) is 0 Å². The Bertz CT molecular complexity index is 1010. The maximum absolute atomic E-state index is 9.43. The number of aryl methyl sites for hydroxylation is 4. The Kier molecular flexibility index (Phi) is 6.14. The number of phenols is 2. The van der Waals surface area contributed by atoms with Gasteiger partial charge in [0.2, 0.25) is 0 Å². The second-order valence-corrected chi connectivity index (χ2v) is 7.73. The Morgan fingerprint density at radius 1 is 0.400 bits per heavy atom. The first kappa shape index (κ1) is 19.8. The van der Waals surface area contributed by atoms with Crippen molar-refractivity contribution in [2.45, 2.75) is 25.7 Å². The second kappa shape index (κ2) is 9.32. The van der Waals surface area contributed by atoms with Crippen LogP contribution < -0.4 is 0 Å². The molecule has 2 nitrogen and oxygen atoms in total. The number of rotatable bonds is 7. The van der Waals surface area contributed by atoms with Crippen molar-refractivity contribution in [2.24, 2.45) is 0 Å². The second-order valence-electron chi connectivity index (χ2n) is 7.73. The third-order valence-corrected chi connectivity index (χ3v) is 5.46. The quantitative estimate of drug-likeness (QED) is 0.384. The molecule has 0 fully saturated rings. The smallest absolute Gasteiger partial charge is 0.115 e. The molecule has 0 atom stereocenters. The lowest BCUT2D eigenvalue weighted by molar-refractivity contribution is 0.474. The maximum atomic E-state index is 9.43. The van der Waals surface area contributed by atoms with Gasteiger partial charge in [-0.2, -0.15) is 0 Å². The Morgan fingerprint density at radius 2 is 0.767 bits per heavy atom. The highest BCUT2D eigenvalue weighted by Gasteiger charge is 2.03. The summed E-state index contributed by atoms with van der Waals surface area (Å²) in [5.41, 5.74) is 7.57. The minimum atomic E-state index is 0.311. The van der Waals surface area contributed by atoms with Crippen molar-refractivity contribution in [2.75, 3.05) is 0 Å². The fourth-order valence-electron chi connectivity index (χ4n) is 3.72. The zero-order chi connectivity index (χ0) is 20.8. The lowest BCUT2D eigenvalue weighted by atomic mass is 9.96. The monoisotopic (exact) mass is 394 g/mol. The van der Waals surface area contributed by atoms with E-state index in [2.05, 4.69) is 48.5 Å². The van der Waals surface area contributed by atoms with E-state index in [1.807, 2.05) is 24.3 Å². The van der Waals surface area contributed by atoms with Gasteiger partial charge in [0.1, 0.15) is 11.5 Å². The summed E-state index contributed by atoms with van der Waals surface area (Å²) in [4.78, 5) is 0. The van der Waals surface area contributed by atoms with E-state index in [0.29, 0.717) is 11.5 Å². The maximum Gasteiger partial charge on any atom is 0.115 e. The van der Waals surface area contributed by atoms with Crippen molar-refractivity contribution in [3.05, 3.63) is 119 Å². The van der Waals surface area contributed by atoms with Crippen LogP contribution >= 0.6 is 0 Å². The van der Waals surface area contributed by atoms with Gasteiger partial charge in [-0.3, -0.25) is 0 Å². The van der Waals surface area contributed by atoms with Crippen LogP contribution in [-0.2, 0) is 25.7 Å². The first-order chi connectivity index (χ1) is 14.7. The minimum Gasteiger partial charge on any atom is -0.508 e. The molecule has 0 saturated heterocycles. The summed E-state index contributed by atoms with van der Waals surface area (Å²) in [7, 11) is 0. The summed E-state index contributed by atoms with van der Waals surface area (Å²) in [6.45, 7) is 0. The molecule has 0 aliphatic carbocycles. The zero-order valence-electron chi connectivity index (χ0n) is 17.0. The first-order valence-electron chi connectivity index (χ1n) is 10.4. The fraction of sp³-hybridized carbons (Fsp3) is 0.143. The highest BCUT2D eigenvalue weighted by molar-refractivity contribution is 5.65. The van der Waals surface area contributed by atoms with Crippen molar-refractivity contribution in [1.82, 2.24) is 0 Å². The van der Waals surface area contributed by atoms with Crippen molar-refractivity contribution in [3.8, 4) is 22.6 Å². The van der Waals surface area contributed by atoms with Crippen molar-refractivity contribution < 1.29 is 10.2 Å². The molecule has 0 spiro atoms. The Morgan fingerprint density at radius 3 is 1.17 bits per heavy atom. The third kappa shape index (κ3) is 5.30. The van der Waals surface area contributed by atoms with Gasteiger partial charge in [0.05, 0.1) is 0 Å². The van der Waals surface area contributed by atoms with Crippen LogP contribution in [0.3, 0.4) is 0 Å². The van der Waals surface area contributed by atoms with Crippen molar-refractivity contribution in [1.29, 1.82) is 0 Å². The van der Waals surface area contributed by atoms with E-state index >= 15 is 0 Å². The van der Waals surface area contributed by atoms with Gasteiger partial charge >= 0.3 is 0 Å². The summed E-state index contributed by atoms with van der Waals surface area (Å²) in [6, 6.07) is 32.4. The number of phenolic OH excluding ortho intramolecular Hbond substituents is 2. The molecular weight excluding hydrogens is 368 g/mol. The Balaban J connectivity index is 1.43. The molecule has 0 saturated carbocycles. The number of aromatic hydroxyl groups is 2. The fourth-order valence-corrected chi connectivity index (χ4v) is 3.72. The molecule has 4 aromatic carbocycles. The van der Waals surface area contributed by atoms with Crippen LogP contribution in [0.2, 0.25) is 0 Å². The summed E-state index contributed by atoms with van der Waals surface area (Å²) in [5.74, 6) is 0.622. The van der Waals surface area contributed by atoms with E-state index in [1.54, 1.807) is 24.3 Å². The average molecular weight is 395 g/mol. The number of benzene rings is 4. The molecule has 0 amide bonds. The predicted molar refractivity (Wildman–Crippen MR) is 123 cm³/mol. The summed E-state index contributed by atoms with van der Waals surface area (Å²) in [6.07, 6.45) is 3.85. The lowest BCUT2D eigenvalue weighted by Gasteiger charge is -2.09. The molecule has 0 radical (unpaired) electrons. The van der Waals surface area contributed by atoms with Crippen LogP contribution in [0.15, 0.2) is 97.1 Å². The molecule has 2 heteroatoms. The van der Waals surface area contributed by atoms with Crippen LogP contribution in [0.5, 0.6) is 11.5 Å². The van der Waals surface area contributed by atoms with Crippen LogP contribution in [0.1, 0.15) is 22.3 Å². The summed E-state index contributed by atoms with van der Waals surface area (Å²) in [5, 5.41) is 18.9. The highest BCUT2D eigenvalue weighted by Crippen LogP contribution is 2.23. The standard InChI is InChI=1S/C28H26O2/c29-27-15-11-21(12-16-27)7-9-23-3-1-5-25(19-23)26-6-2-4-24(20-26)10-8-22-13-17-28(30)18-14-22/h1-6,11-20,29-30H,7-10H2. The molecule has 30 heavy (non-hydrogen) atoms. The van der Waals surface area contributed by atoms with Crippen LogP contribution in [0, 0.1) is 0 Å². The van der Waals surface area contributed by atoms with Gasteiger partial charge in [-0.1, -0.05) is 72.8 Å². The van der Waals surface area contributed by atoms with Gasteiger partial charge in [-0.25, -0.2) is 0 Å². The van der Waals surface area contributed by atoms with E-state index in [-0.39, 0.29) is 0 Å². The number of hydrogen-bond donors (Lipinski definition) is 2. The molecule has 0 aliphatic rings. The molecule has 150 valence electrons. The van der Waals surface area contributed by atoms with Crippen LogP contribution in [0.4, 0.5) is 0 Å². The van der Waals surface area contributed by atoms with Crippen molar-refractivity contribution in [3.63, 3.8) is 0 Å². The van der Waals surface area contributed by atoms with Crippen molar-refractivity contribution >= 4 is 0 Å². The van der Waals surface area contributed by atoms with Gasteiger partial charge in [0.15, 0.2) is 0 Å². The van der Waals surface area contributed by atoms with Gasteiger partial charge in [-0.15, -0.1) is 0 Å². The van der Waals surface area contributed by atoms with E-state index in [4.69, 9.17) is 0 Å². The normalized spacial score (nSPS) is 10.8. The third-order valence-electron chi connectivity index (χ3n) is 5.46. The summed E-state index contributed by atoms with van der Waals surface area (Å²) < 4.78 is 0.